The van der Waals surface area contributed by atoms with Gasteiger partial charge in [0.2, 0.25) is 5.91 Å². The first-order valence-electron chi connectivity index (χ1n) is 6.33. The highest BCUT2D eigenvalue weighted by Gasteiger charge is 2.27. The predicted molar refractivity (Wildman–Crippen MR) is 70.4 cm³/mol. The Kier molecular flexibility index (Phi) is 3.87. The molecule has 1 amide bonds. The lowest BCUT2D eigenvalue weighted by Gasteiger charge is -2.18. The first kappa shape index (κ1) is 12.9. The van der Waals surface area contributed by atoms with Crippen LogP contribution in [0.2, 0.25) is 0 Å². The van der Waals surface area contributed by atoms with Crippen LogP contribution in [-0.4, -0.2) is 30.5 Å². The Morgan fingerprint density at radius 1 is 1.50 bits per heavy atom. The van der Waals surface area contributed by atoms with Gasteiger partial charge in [0.25, 0.3) is 0 Å². The Morgan fingerprint density at radius 3 is 2.83 bits per heavy atom. The minimum Gasteiger partial charge on any atom is -0.496 e. The normalized spacial score (nSPS) is 19.4. The molecule has 1 unspecified atom stereocenters. The summed E-state index contributed by atoms with van der Waals surface area (Å²) in [6.07, 6.45) is 1.43. The van der Waals surface area contributed by atoms with Crippen LogP contribution < -0.4 is 10.5 Å². The van der Waals surface area contributed by atoms with Crippen molar-refractivity contribution in [2.24, 2.45) is 5.73 Å². The van der Waals surface area contributed by atoms with Gasteiger partial charge in [0.15, 0.2) is 0 Å². The van der Waals surface area contributed by atoms with E-state index in [1.54, 1.807) is 7.11 Å². The number of ether oxygens (including phenoxy) is 1. The summed E-state index contributed by atoms with van der Waals surface area (Å²) in [5.74, 6) is 0.965. The molecule has 98 valence electrons. The molecular formula is C14H20N2O2. The van der Waals surface area contributed by atoms with Crippen LogP contribution in [0.5, 0.6) is 5.75 Å². The van der Waals surface area contributed by atoms with Crippen molar-refractivity contribution in [1.29, 1.82) is 0 Å². The molecule has 4 heteroatoms. The number of aryl methyl sites for hydroxylation is 1. The molecule has 1 aromatic rings. The maximum Gasteiger partial charge on any atom is 0.224 e. The van der Waals surface area contributed by atoms with E-state index in [2.05, 4.69) is 19.1 Å². The second-order valence-electron chi connectivity index (χ2n) is 4.74. The van der Waals surface area contributed by atoms with Crippen LogP contribution in [0.15, 0.2) is 18.2 Å². The molecule has 18 heavy (non-hydrogen) atoms. The molecular weight excluding hydrogens is 228 g/mol. The average molecular weight is 248 g/mol. The van der Waals surface area contributed by atoms with Gasteiger partial charge < -0.3 is 15.4 Å². The largest absolute Gasteiger partial charge is 0.496 e. The molecule has 2 N–H and O–H groups in total. The average Bonchev–Trinajstić information content (AvgIpc) is 2.67. The van der Waals surface area contributed by atoms with Crippen LogP contribution in [0.4, 0.5) is 0 Å². The SMILES string of the molecule is CCc1ccc(OC)c(CN2CC(N)CC2=O)c1. The number of nitrogens with zero attached hydrogens (tertiary/aromatic N) is 1. The second-order valence-corrected chi connectivity index (χ2v) is 4.74. The lowest BCUT2D eigenvalue weighted by atomic mass is 10.1. The molecule has 1 fully saturated rings. The Bertz CT molecular complexity index is 445. The van der Waals surface area contributed by atoms with Gasteiger partial charge in [-0.3, -0.25) is 4.79 Å². The molecule has 0 bridgehead atoms. The van der Waals surface area contributed by atoms with Crippen LogP contribution in [-0.2, 0) is 17.8 Å². The van der Waals surface area contributed by atoms with E-state index in [0.29, 0.717) is 19.5 Å². The van der Waals surface area contributed by atoms with E-state index in [1.165, 1.54) is 5.56 Å². The third-order valence-electron chi connectivity index (χ3n) is 3.36. The van der Waals surface area contributed by atoms with E-state index in [4.69, 9.17) is 10.5 Å². The zero-order chi connectivity index (χ0) is 13.1. The molecule has 0 radical (unpaired) electrons. The Hall–Kier alpha value is -1.55. The Morgan fingerprint density at radius 2 is 2.28 bits per heavy atom. The quantitative estimate of drug-likeness (QED) is 0.874. The zero-order valence-corrected chi connectivity index (χ0v) is 11.0. The van der Waals surface area contributed by atoms with Crippen molar-refractivity contribution in [3.8, 4) is 5.75 Å². The van der Waals surface area contributed by atoms with Gasteiger partial charge in [-0.05, 0) is 18.1 Å². The number of rotatable bonds is 4. The predicted octanol–water partition coefficient (Wildman–Crippen LogP) is 1.32. The summed E-state index contributed by atoms with van der Waals surface area (Å²) in [6.45, 7) is 3.34. The van der Waals surface area contributed by atoms with Gasteiger partial charge >= 0.3 is 0 Å². The monoisotopic (exact) mass is 248 g/mol. The number of benzene rings is 1. The van der Waals surface area contributed by atoms with E-state index >= 15 is 0 Å². The summed E-state index contributed by atoms with van der Waals surface area (Å²) in [5.41, 5.74) is 8.11. The molecule has 2 rings (SSSR count). The summed E-state index contributed by atoms with van der Waals surface area (Å²) in [5, 5.41) is 0. The fourth-order valence-electron chi connectivity index (χ4n) is 2.34. The summed E-state index contributed by atoms with van der Waals surface area (Å²) >= 11 is 0. The zero-order valence-electron chi connectivity index (χ0n) is 11.0. The minimum atomic E-state index is -0.0298. The van der Waals surface area contributed by atoms with E-state index < -0.39 is 0 Å². The first-order chi connectivity index (χ1) is 8.63. The molecule has 0 aromatic heterocycles. The van der Waals surface area contributed by atoms with Crippen molar-refractivity contribution in [3.05, 3.63) is 29.3 Å². The molecule has 1 atom stereocenters. The molecule has 1 aliphatic rings. The van der Waals surface area contributed by atoms with E-state index in [0.717, 1.165) is 17.7 Å². The van der Waals surface area contributed by atoms with Crippen LogP contribution >= 0.6 is 0 Å². The standard InChI is InChI=1S/C14H20N2O2/c1-3-10-4-5-13(18-2)11(6-10)8-16-9-12(15)7-14(16)17/h4-6,12H,3,7-9,15H2,1-2H3. The number of likely N-dealkylation sites (tertiary alicyclic amines) is 1. The molecule has 1 aromatic carbocycles. The van der Waals surface area contributed by atoms with Gasteiger partial charge in [-0.1, -0.05) is 19.1 Å². The Balaban J connectivity index is 2.19. The van der Waals surface area contributed by atoms with E-state index in [1.807, 2.05) is 11.0 Å². The van der Waals surface area contributed by atoms with E-state index in [9.17, 15) is 4.79 Å². The lowest BCUT2D eigenvalue weighted by Crippen LogP contribution is -2.28. The summed E-state index contributed by atoms with van der Waals surface area (Å²) in [4.78, 5) is 13.6. The smallest absolute Gasteiger partial charge is 0.224 e. The van der Waals surface area contributed by atoms with Gasteiger partial charge in [-0.25, -0.2) is 0 Å². The van der Waals surface area contributed by atoms with Crippen molar-refractivity contribution in [3.63, 3.8) is 0 Å². The van der Waals surface area contributed by atoms with Gasteiger partial charge in [0.1, 0.15) is 5.75 Å². The summed E-state index contributed by atoms with van der Waals surface area (Å²) in [7, 11) is 1.65. The van der Waals surface area contributed by atoms with Crippen molar-refractivity contribution < 1.29 is 9.53 Å². The molecule has 0 aliphatic carbocycles. The topological polar surface area (TPSA) is 55.6 Å². The fourth-order valence-corrected chi connectivity index (χ4v) is 2.34. The van der Waals surface area contributed by atoms with Crippen LogP contribution in [0.25, 0.3) is 0 Å². The maximum absolute atomic E-state index is 11.7. The third-order valence-corrected chi connectivity index (χ3v) is 3.36. The number of nitrogens with two attached hydrogens (primary N) is 1. The Labute approximate surface area is 108 Å². The first-order valence-corrected chi connectivity index (χ1v) is 6.33. The second kappa shape index (κ2) is 5.40. The summed E-state index contributed by atoms with van der Waals surface area (Å²) < 4.78 is 5.35. The van der Waals surface area contributed by atoms with Crippen molar-refractivity contribution in [1.82, 2.24) is 4.90 Å². The highest BCUT2D eigenvalue weighted by molar-refractivity contribution is 5.79. The molecule has 0 spiro atoms. The number of hydrogen-bond donors (Lipinski definition) is 1. The lowest BCUT2D eigenvalue weighted by molar-refractivity contribution is -0.128. The third kappa shape index (κ3) is 2.64. The molecule has 1 aliphatic heterocycles. The van der Waals surface area contributed by atoms with Crippen LogP contribution in [0.1, 0.15) is 24.5 Å². The number of methoxy groups -OCH3 is 1. The van der Waals surface area contributed by atoms with Gasteiger partial charge in [0.05, 0.1) is 7.11 Å². The fraction of sp³-hybridized carbons (Fsp3) is 0.500. The number of carbonyl (C=O) groups excluding carboxylic acids is 1. The van der Waals surface area contributed by atoms with Crippen molar-refractivity contribution in [2.45, 2.75) is 32.4 Å². The van der Waals surface area contributed by atoms with Gasteiger partial charge in [-0.2, -0.15) is 0 Å². The number of carbonyl (C=O) groups is 1. The van der Waals surface area contributed by atoms with Gasteiger partial charge in [0, 0.05) is 31.1 Å². The summed E-state index contributed by atoms with van der Waals surface area (Å²) in [6, 6.07) is 6.10. The van der Waals surface area contributed by atoms with Crippen molar-refractivity contribution >= 4 is 5.91 Å². The van der Waals surface area contributed by atoms with Crippen molar-refractivity contribution in [2.75, 3.05) is 13.7 Å². The highest BCUT2D eigenvalue weighted by Crippen LogP contribution is 2.23. The van der Waals surface area contributed by atoms with Crippen LogP contribution in [0, 0.1) is 0 Å². The van der Waals surface area contributed by atoms with E-state index in [-0.39, 0.29) is 11.9 Å². The number of hydrogen-bond acceptors (Lipinski definition) is 3. The molecule has 0 saturated carbocycles. The molecule has 1 heterocycles. The molecule has 1 saturated heterocycles. The van der Waals surface area contributed by atoms with Gasteiger partial charge in [-0.15, -0.1) is 0 Å². The molecule has 4 nitrogen and oxygen atoms in total. The highest BCUT2D eigenvalue weighted by atomic mass is 16.5. The van der Waals surface area contributed by atoms with Crippen LogP contribution in [0.3, 0.4) is 0 Å². The number of amides is 1. The minimum absolute atomic E-state index is 0.0298. The maximum atomic E-state index is 11.7.